The molecule has 0 saturated carbocycles. The summed E-state index contributed by atoms with van der Waals surface area (Å²) in [6.07, 6.45) is 0. The van der Waals surface area contributed by atoms with Gasteiger partial charge in [0.15, 0.2) is 0 Å². The van der Waals surface area contributed by atoms with Gasteiger partial charge >= 0.3 is 6.01 Å². The molecular formula is C12H12Cl2N4O. The molecule has 0 unspecified atom stereocenters. The van der Waals surface area contributed by atoms with Crippen LogP contribution < -0.4 is 10.1 Å². The molecule has 1 aromatic carbocycles. The summed E-state index contributed by atoms with van der Waals surface area (Å²) in [7, 11) is 0. The lowest BCUT2D eigenvalue weighted by Crippen LogP contribution is -2.07. The number of anilines is 1. The van der Waals surface area contributed by atoms with Crippen LogP contribution >= 0.6 is 23.2 Å². The summed E-state index contributed by atoms with van der Waals surface area (Å²) in [5.41, 5.74) is 1.02. The molecular weight excluding hydrogens is 287 g/mol. The molecule has 0 bridgehead atoms. The van der Waals surface area contributed by atoms with E-state index in [0.717, 1.165) is 5.56 Å². The average Bonchev–Trinajstić information content (AvgIpc) is 2.36. The van der Waals surface area contributed by atoms with Gasteiger partial charge in [-0.2, -0.15) is 15.0 Å². The first-order valence-corrected chi connectivity index (χ1v) is 6.45. The monoisotopic (exact) mass is 298 g/mol. The Morgan fingerprint density at radius 1 is 1.21 bits per heavy atom. The SMILES string of the molecule is CCOc1nc(Cl)nc(NCc2cccc(Cl)c2)n1. The van der Waals surface area contributed by atoms with Gasteiger partial charge < -0.3 is 10.1 Å². The number of benzene rings is 1. The smallest absolute Gasteiger partial charge is 0.322 e. The van der Waals surface area contributed by atoms with Crippen LogP contribution in [0.3, 0.4) is 0 Å². The molecule has 0 aliphatic carbocycles. The second kappa shape index (κ2) is 6.54. The van der Waals surface area contributed by atoms with Crippen molar-refractivity contribution in [2.75, 3.05) is 11.9 Å². The zero-order valence-corrected chi connectivity index (χ0v) is 11.7. The second-order valence-electron chi connectivity index (χ2n) is 3.63. The Hall–Kier alpha value is -1.59. The van der Waals surface area contributed by atoms with Gasteiger partial charge in [0.25, 0.3) is 0 Å². The summed E-state index contributed by atoms with van der Waals surface area (Å²) in [5, 5.41) is 3.82. The highest BCUT2D eigenvalue weighted by atomic mass is 35.5. The largest absolute Gasteiger partial charge is 0.464 e. The minimum absolute atomic E-state index is 0.0899. The van der Waals surface area contributed by atoms with Crippen molar-refractivity contribution in [3.63, 3.8) is 0 Å². The molecule has 1 N–H and O–H groups in total. The maximum absolute atomic E-state index is 5.91. The van der Waals surface area contributed by atoms with Gasteiger partial charge in [0, 0.05) is 11.6 Å². The Labute approximate surface area is 121 Å². The highest BCUT2D eigenvalue weighted by molar-refractivity contribution is 6.30. The van der Waals surface area contributed by atoms with Crippen molar-refractivity contribution in [3.8, 4) is 6.01 Å². The van der Waals surface area contributed by atoms with Crippen molar-refractivity contribution in [1.82, 2.24) is 15.0 Å². The van der Waals surface area contributed by atoms with E-state index in [1.54, 1.807) is 0 Å². The molecule has 0 aliphatic heterocycles. The number of nitrogens with one attached hydrogen (secondary N) is 1. The number of halogens is 2. The van der Waals surface area contributed by atoms with Gasteiger partial charge in [0.05, 0.1) is 6.61 Å². The van der Waals surface area contributed by atoms with Crippen molar-refractivity contribution in [2.24, 2.45) is 0 Å². The standard InChI is InChI=1S/C12H12Cl2N4O/c1-2-19-12-17-10(14)16-11(18-12)15-7-8-4-3-5-9(13)6-8/h3-6H,2,7H2,1H3,(H,15,16,17,18). The van der Waals surface area contributed by atoms with E-state index in [2.05, 4.69) is 20.3 Å². The summed E-state index contributed by atoms with van der Waals surface area (Å²) in [6, 6.07) is 7.71. The van der Waals surface area contributed by atoms with E-state index in [1.807, 2.05) is 31.2 Å². The van der Waals surface area contributed by atoms with E-state index in [-0.39, 0.29) is 11.3 Å². The normalized spacial score (nSPS) is 10.3. The summed E-state index contributed by atoms with van der Waals surface area (Å²) in [4.78, 5) is 11.9. The van der Waals surface area contributed by atoms with E-state index in [1.165, 1.54) is 0 Å². The first-order chi connectivity index (χ1) is 9.17. The number of hydrogen-bond donors (Lipinski definition) is 1. The number of hydrogen-bond acceptors (Lipinski definition) is 5. The van der Waals surface area contributed by atoms with Gasteiger partial charge in [-0.1, -0.05) is 23.7 Å². The predicted molar refractivity (Wildman–Crippen MR) is 74.8 cm³/mol. The fourth-order valence-corrected chi connectivity index (χ4v) is 1.80. The fourth-order valence-electron chi connectivity index (χ4n) is 1.43. The number of ether oxygens (including phenoxy) is 1. The van der Waals surface area contributed by atoms with Crippen LogP contribution in [0, 0.1) is 0 Å². The van der Waals surface area contributed by atoms with Gasteiger partial charge in [0.1, 0.15) is 0 Å². The molecule has 5 nitrogen and oxygen atoms in total. The van der Waals surface area contributed by atoms with Crippen LogP contribution in [0.5, 0.6) is 6.01 Å². The van der Waals surface area contributed by atoms with E-state index in [9.17, 15) is 0 Å². The first-order valence-electron chi connectivity index (χ1n) is 5.70. The average molecular weight is 299 g/mol. The minimum atomic E-state index is 0.0899. The van der Waals surface area contributed by atoms with Crippen molar-refractivity contribution >= 4 is 29.2 Å². The van der Waals surface area contributed by atoms with Crippen molar-refractivity contribution in [2.45, 2.75) is 13.5 Å². The fraction of sp³-hybridized carbons (Fsp3) is 0.250. The Morgan fingerprint density at radius 2 is 2.05 bits per heavy atom. The Bertz CT molecular complexity index is 565. The van der Waals surface area contributed by atoms with E-state index < -0.39 is 0 Å². The molecule has 7 heteroatoms. The van der Waals surface area contributed by atoms with E-state index in [0.29, 0.717) is 24.1 Å². The van der Waals surface area contributed by atoms with Gasteiger partial charge in [0.2, 0.25) is 11.2 Å². The Morgan fingerprint density at radius 3 is 2.79 bits per heavy atom. The molecule has 100 valence electrons. The molecule has 2 aromatic rings. The molecule has 0 aliphatic rings. The van der Waals surface area contributed by atoms with Crippen LogP contribution in [-0.4, -0.2) is 21.6 Å². The molecule has 1 aromatic heterocycles. The molecule has 0 saturated heterocycles. The van der Waals surface area contributed by atoms with Crippen molar-refractivity contribution in [1.29, 1.82) is 0 Å². The van der Waals surface area contributed by atoms with E-state index >= 15 is 0 Å². The zero-order chi connectivity index (χ0) is 13.7. The highest BCUT2D eigenvalue weighted by Gasteiger charge is 2.05. The molecule has 0 fully saturated rings. The molecule has 0 amide bonds. The van der Waals surface area contributed by atoms with Crippen LogP contribution in [0.25, 0.3) is 0 Å². The highest BCUT2D eigenvalue weighted by Crippen LogP contribution is 2.14. The summed E-state index contributed by atoms with van der Waals surface area (Å²) in [5.74, 6) is 0.364. The van der Waals surface area contributed by atoms with Crippen molar-refractivity contribution in [3.05, 3.63) is 40.1 Å². The topological polar surface area (TPSA) is 59.9 Å². The van der Waals surface area contributed by atoms with Crippen molar-refractivity contribution < 1.29 is 4.74 Å². The van der Waals surface area contributed by atoms with Gasteiger partial charge in [-0.25, -0.2) is 0 Å². The summed E-state index contributed by atoms with van der Waals surface area (Å²) in [6.45, 7) is 2.84. The minimum Gasteiger partial charge on any atom is -0.464 e. The second-order valence-corrected chi connectivity index (χ2v) is 4.40. The Balaban J connectivity index is 2.06. The molecule has 0 radical (unpaired) electrons. The number of aromatic nitrogens is 3. The lowest BCUT2D eigenvalue weighted by Gasteiger charge is -2.07. The molecule has 2 rings (SSSR count). The van der Waals surface area contributed by atoms with Gasteiger partial charge in [-0.3, -0.25) is 0 Å². The third kappa shape index (κ3) is 4.22. The van der Waals surface area contributed by atoms with Crippen LogP contribution in [0.1, 0.15) is 12.5 Å². The quantitative estimate of drug-likeness (QED) is 0.918. The molecule has 19 heavy (non-hydrogen) atoms. The maximum atomic E-state index is 5.91. The third-order valence-corrected chi connectivity index (χ3v) is 2.60. The van der Waals surface area contributed by atoms with E-state index in [4.69, 9.17) is 27.9 Å². The van der Waals surface area contributed by atoms with Gasteiger partial charge in [-0.15, -0.1) is 0 Å². The zero-order valence-electron chi connectivity index (χ0n) is 10.2. The maximum Gasteiger partial charge on any atom is 0.322 e. The third-order valence-electron chi connectivity index (χ3n) is 2.20. The Kier molecular flexibility index (Phi) is 4.76. The lowest BCUT2D eigenvalue weighted by atomic mass is 10.2. The molecule has 1 heterocycles. The van der Waals surface area contributed by atoms with Crippen LogP contribution in [-0.2, 0) is 6.54 Å². The predicted octanol–water partition coefficient (Wildman–Crippen LogP) is 3.19. The van der Waals surface area contributed by atoms with Crippen LogP contribution in [0.15, 0.2) is 24.3 Å². The number of nitrogens with zero attached hydrogens (tertiary/aromatic N) is 3. The number of rotatable bonds is 5. The van der Waals surface area contributed by atoms with Crippen LogP contribution in [0.4, 0.5) is 5.95 Å². The molecule has 0 spiro atoms. The van der Waals surface area contributed by atoms with Crippen LogP contribution in [0.2, 0.25) is 10.3 Å². The first kappa shape index (κ1) is 13.8. The summed E-state index contributed by atoms with van der Waals surface area (Å²) < 4.78 is 5.19. The van der Waals surface area contributed by atoms with Gasteiger partial charge in [-0.05, 0) is 36.2 Å². The summed E-state index contributed by atoms with van der Waals surface area (Å²) >= 11 is 11.7. The lowest BCUT2D eigenvalue weighted by molar-refractivity contribution is 0.312. The molecule has 0 atom stereocenters.